The fourth-order valence-corrected chi connectivity index (χ4v) is 3.66. The van der Waals surface area contributed by atoms with E-state index in [9.17, 15) is 5.11 Å². The molecule has 1 atom stereocenters. The molecule has 0 radical (unpaired) electrons. The van der Waals surface area contributed by atoms with Crippen LogP contribution in [-0.2, 0) is 13.5 Å². The Hall–Kier alpha value is -1.17. The van der Waals surface area contributed by atoms with Crippen LogP contribution in [-0.4, -0.2) is 14.9 Å². The van der Waals surface area contributed by atoms with Gasteiger partial charge < -0.3 is 5.11 Å². The Morgan fingerprint density at radius 2 is 2.21 bits per heavy atom. The number of rotatable bonds is 3. The van der Waals surface area contributed by atoms with Gasteiger partial charge in [-0.3, -0.25) is 4.68 Å². The Bertz CT molecular complexity index is 719. The normalized spacial score (nSPS) is 13.0. The van der Waals surface area contributed by atoms with Gasteiger partial charge >= 0.3 is 0 Å². The molecule has 0 aliphatic carbocycles. The largest absolute Gasteiger partial charge is 0.387 e. The molecule has 0 spiro atoms. The van der Waals surface area contributed by atoms with Crippen LogP contribution in [0.5, 0.6) is 0 Å². The van der Waals surface area contributed by atoms with E-state index in [1.807, 2.05) is 41.4 Å². The Labute approximate surface area is 123 Å². The summed E-state index contributed by atoms with van der Waals surface area (Å²) in [6, 6.07) is 10.1. The van der Waals surface area contributed by atoms with Crippen molar-refractivity contribution in [1.82, 2.24) is 9.78 Å². The summed E-state index contributed by atoms with van der Waals surface area (Å²) < 4.78 is 2.87. The summed E-state index contributed by atoms with van der Waals surface area (Å²) in [7, 11) is 1.93. The molecule has 0 fully saturated rings. The number of thiophene rings is 1. The number of aliphatic hydroxyl groups is 1. The third kappa shape index (κ3) is 2.45. The summed E-state index contributed by atoms with van der Waals surface area (Å²) in [5, 5.41) is 17.9. The summed E-state index contributed by atoms with van der Waals surface area (Å²) in [5.74, 6) is 0. The van der Waals surface area contributed by atoms with Crippen LogP contribution in [0.3, 0.4) is 0 Å². The second kappa shape index (κ2) is 5.07. The fourth-order valence-electron chi connectivity index (χ4n) is 2.23. The van der Waals surface area contributed by atoms with E-state index in [0.717, 1.165) is 25.9 Å². The van der Waals surface area contributed by atoms with E-state index in [1.54, 1.807) is 11.3 Å². The second-order valence-corrected chi connectivity index (χ2v) is 6.33. The number of benzene rings is 1. The second-order valence-electron chi connectivity index (χ2n) is 4.47. The van der Waals surface area contributed by atoms with Crippen molar-refractivity contribution in [2.24, 2.45) is 7.05 Å². The first kappa shape index (κ1) is 12.8. The standard InChI is InChI=1S/C14H13BrN2OS/c1-17-12-5-3-2-4-10(12)11(16-17)7-13(18)14-6-9(15)8-19-14/h2-6,8,13,18H,7H2,1H3. The van der Waals surface area contributed by atoms with Gasteiger partial charge in [0.25, 0.3) is 0 Å². The smallest absolute Gasteiger partial charge is 0.0938 e. The highest BCUT2D eigenvalue weighted by atomic mass is 79.9. The van der Waals surface area contributed by atoms with E-state index in [-0.39, 0.29) is 0 Å². The summed E-state index contributed by atoms with van der Waals surface area (Å²) in [4.78, 5) is 0.960. The third-order valence-electron chi connectivity index (χ3n) is 3.14. The lowest BCUT2D eigenvalue weighted by Crippen LogP contribution is -2.01. The lowest BCUT2D eigenvalue weighted by Gasteiger charge is -2.06. The van der Waals surface area contributed by atoms with Crippen molar-refractivity contribution in [1.29, 1.82) is 0 Å². The van der Waals surface area contributed by atoms with Crippen LogP contribution in [0, 0.1) is 0 Å². The molecule has 5 heteroatoms. The number of hydrogen-bond acceptors (Lipinski definition) is 3. The van der Waals surface area contributed by atoms with E-state index in [4.69, 9.17) is 0 Å². The monoisotopic (exact) mass is 336 g/mol. The topological polar surface area (TPSA) is 38.0 Å². The van der Waals surface area contributed by atoms with Crippen LogP contribution in [0.2, 0.25) is 0 Å². The molecule has 1 aromatic carbocycles. The highest BCUT2D eigenvalue weighted by Crippen LogP contribution is 2.29. The molecule has 0 saturated heterocycles. The summed E-state index contributed by atoms with van der Waals surface area (Å²) in [5.41, 5.74) is 2.03. The molecular weight excluding hydrogens is 324 g/mol. The molecule has 1 unspecified atom stereocenters. The molecule has 0 aliphatic rings. The molecule has 0 saturated carbocycles. The molecule has 0 aliphatic heterocycles. The number of aliphatic hydroxyl groups excluding tert-OH is 1. The first-order chi connectivity index (χ1) is 9.15. The molecule has 3 aromatic rings. The molecule has 98 valence electrons. The maximum atomic E-state index is 10.3. The maximum Gasteiger partial charge on any atom is 0.0938 e. The Kier molecular flexibility index (Phi) is 3.43. The number of hydrogen-bond donors (Lipinski definition) is 1. The predicted molar refractivity (Wildman–Crippen MR) is 81.4 cm³/mol. The van der Waals surface area contributed by atoms with E-state index in [0.29, 0.717) is 6.42 Å². The molecular formula is C14H13BrN2OS. The van der Waals surface area contributed by atoms with Crippen LogP contribution in [0.4, 0.5) is 0 Å². The van der Waals surface area contributed by atoms with Crippen molar-refractivity contribution >= 4 is 38.2 Å². The van der Waals surface area contributed by atoms with Crippen molar-refractivity contribution in [2.75, 3.05) is 0 Å². The van der Waals surface area contributed by atoms with Gasteiger partial charge in [0.2, 0.25) is 0 Å². The molecule has 1 N–H and O–H groups in total. The number of aromatic nitrogens is 2. The number of nitrogens with zero attached hydrogens (tertiary/aromatic N) is 2. The van der Waals surface area contributed by atoms with Crippen LogP contribution in [0.15, 0.2) is 40.2 Å². The van der Waals surface area contributed by atoms with Crippen molar-refractivity contribution in [3.63, 3.8) is 0 Å². The van der Waals surface area contributed by atoms with Gasteiger partial charge in [-0.15, -0.1) is 11.3 Å². The van der Waals surface area contributed by atoms with E-state index in [2.05, 4.69) is 27.1 Å². The van der Waals surface area contributed by atoms with E-state index in [1.165, 1.54) is 0 Å². The van der Waals surface area contributed by atoms with E-state index >= 15 is 0 Å². The van der Waals surface area contributed by atoms with Crippen LogP contribution >= 0.6 is 27.3 Å². The zero-order valence-electron chi connectivity index (χ0n) is 10.4. The highest BCUT2D eigenvalue weighted by Gasteiger charge is 2.15. The molecule has 3 rings (SSSR count). The van der Waals surface area contributed by atoms with Gasteiger partial charge in [0.15, 0.2) is 0 Å². The molecule has 19 heavy (non-hydrogen) atoms. The third-order valence-corrected chi connectivity index (χ3v) is 4.93. The SMILES string of the molecule is Cn1nc(CC(O)c2cc(Br)cs2)c2ccccc21. The molecule has 0 amide bonds. The van der Waals surface area contributed by atoms with Gasteiger partial charge in [0, 0.05) is 33.6 Å². The highest BCUT2D eigenvalue weighted by molar-refractivity contribution is 9.10. The lowest BCUT2D eigenvalue weighted by molar-refractivity contribution is 0.181. The van der Waals surface area contributed by atoms with Gasteiger partial charge in [0.05, 0.1) is 17.3 Å². The minimum Gasteiger partial charge on any atom is -0.387 e. The summed E-state index contributed by atoms with van der Waals surface area (Å²) >= 11 is 4.97. The minimum atomic E-state index is -0.505. The van der Waals surface area contributed by atoms with Gasteiger partial charge in [-0.1, -0.05) is 18.2 Å². The van der Waals surface area contributed by atoms with Gasteiger partial charge in [0.1, 0.15) is 0 Å². The summed E-state index contributed by atoms with van der Waals surface area (Å²) in [6.45, 7) is 0. The quantitative estimate of drug-likeness (QED) is 0.792. The maximum absolute atomic E-state index is 10.3. The van der Waals surface area contributed by atoms with Crippen molar-refractivity contribution in [2.45, 2.75) is 12.5 Å². The van der Waals surface area contributed by atoms with Crippen molar-refractivity contribution < 1.29 is 5.11 Å². The van der Waals surface area contributed by atoms with Gasteiger partial charge in [-0.25, -0.2) is 0 Å². The van der Waals surface area contributed by atoms with Crippen LogP contribution in [0.1, 0.15) is 16.7 Å². The Morgan fingerprint density at radius 3 is 2.95 bits per heavy atom. The lowest BCUT2D eigenvalue weighted by atomic mass is 10.1. The average molecular weight is 337 g/mol. The van der Waals surface area contributed by atoms with Crippen LogP contribution < -0.4 is 0 Å². The zero-order chi connectivity index (χ0) is 13.4. The molecule has 3 nitrogen and oxygen atoms in total. The van der Waals surface area contributed by atoms with Crippen molar-refractivity contribution in [3.05, 3.63) is 50.8 Å². The number of para-hydroxylation sites is 1. The van der Waals surface area contributed by atoms with Gasteiger partial charge in [-0.05, 0) is 28.1 Å². The molecule has 2 aromatic heterocycles. The minimum absolute atomic E-state index is 0.505. The molecule has 0 bridgehead atoms. The van der Waals surface area contributed by atoms with Crippen molar-refractivity contribution in [3.8, 4) is 0 Å². The Balaban J connectivity index is 1.93. The van der Waals surface area contributed by atoms with Crippen LogP contribution in [0.25, 0.3) is 10.9 Å². The summed E-state index contributed by atoms with van der Waals surface area (Å²) in [6.07, 6.45) is 0.0310. The zero-order valence-corrected chi connectivity index (χ0v) is 12.8. The number of aryl methyl sites for hydroxylation is 1. The Morgan fingerprint density at radius 1 is 1.42 bits per heavy atom. The molecule has 2 heterocycles. The number of fused-ring (bicyclic) bond motifs is 1. The predicted octanol–water partition coefficient (Wildman–Crippen LogP) is 3.67. The fraction of sp³-hybridized carbons (Fsp3) is 0.214. The first-order valence-corrected chi connectivity index (χ1v) is 7.65. The van der Waals surface area contributed by atoms with Gasteiger partial charge in [-0.2, -0.15) is 5.10 Å². The number of halogens is 1. The average Bonchev–Trinajstić information content (AvgIpc) is 2.96. The van der Waals surface area contributed by atoms with E-state index < -0.39 is 6.10 Å². The first-order valence-electron chi connectivity index (χ1n) is 5.98.